The second-order valence-electron chi connectivity index (χ2n) is 8.58. The van der Waals surface area contributed by atoms with E-state index in [9.17, 15) is 22.8 Å². The van der Waals surface area contributed by atoms with Crippen molar-refractivity contribution in [2.24, 2.45) is 11.5 Å². The average molecular weight is 608 g/mol. The highest BCUT2D eigenvalue weighted by molar-refractivity contribution is 7.15. The van der Waals surface area contributed by atoms with Crippen LogP contribution in [0.1, 0.15) is 35.5 Å². The highest BCUT2D eigenvalue weighted by atomic mass is 32.1. The summed E-state index contributed by atoms with van der Waals surface area (Å²) >= 11 is 1.39. The Morgan fingerprint density at radius 2 is 1.93 bits per heavy atom. The maximum atomic E-state index is 12.0. The molecule has 0 saturated heterocycles. The summed E-state index contributed by atoms with van der Waals surface area (Å²) in [4.78, 5) is 26.3. The predicted octanol–water partition coefficient (Wildman–Crippen LogP) is 3.72. The summed E-state index contributed by atoms with van der Waals surface area (Å²) in [6, 6.07) is 8.46. The number of hydrogen-bond acceptors (Lipinski definition) is 11. The molecule has 7 N–H and O–H groups in total. The molecule has 11 nitrogen and oxygen atoms in total. The quantitative estimate of drug-likeness (QED) is 0.109. The largest absolute Gasteiger partial charge is 0.573 e. The van der Waals surface area contributed by atoms with Crippen LogP contribution in [0.4, 0.5) is 18.3 Å². The van der Waals surface area contributed by atoms with Gasteiger partial charge < -0.3 is 36.7 Å². The zero-order valence-corrected chi connectivity index (χ0v) is 23.5. The van der Waals surface area contributed by atoms with E-state index in [1.165, 1.54) is 11.3 Å². The summed E-state index contributed by atoms with van der Waals surface area (Å²) < 4.78 is 39.0. The number of aromatic hydroxyl groups is 1. The number of aromatic nitrogens is 3. The fourth-order valence-corrected chi connectivity index (χ4v) is 4.01. The lowest BCUT2D eigenvalue weighted by molar-refractivity contribution is -0.274. The van der Waals surface area contributed by atoms with Gasteiger partial charge in [0.25, 0.3) is 0 Å². The number of alkyl halides is 3. The monoisotopic (exact) mass is 607 g/mol. The van der Waals surface area contributed by atoms with Gasteiger partial charge >= 0.3 is 6.36 Å². The molecule has 0 radical (unpaired) electrons. The number of halogens is 3. The smallest absolute Gasteiger partial charge is 0.508 e. The molecule has 0 fully saturated rings. The molecular formula is C27H32F3N7O4S. The lowest BCUT2D eigenvalue weighted by Gasteiger charge is -2.10. The minimum atomic E-state index is -4.78. The third-order valence-corrected chi connectivity index (χ3v) is 6.14. The van der Waals surface area contributed by atoms with Gasteiger partial charge in [-0.05, 0) is 61.7 Å². The van der Waals surface area contributed by atoms with E-state index in [0.717, 1.165) is 60.3 Å². The number of rotatable bonds is 13. The number of nitrogens with zero attached hydrogens (tertiary/aromatic N) is 3. The molecule has 0 saturated carbocycles. The molecule has 0 aliphatic carbocycles. The molecule has 42 heavy (non-hydrogen) atoms. The Balaban J connectivity index is 0.000000347. The highest BCUT2D eigenvalue weighted by Crippen LogP contribution is 2.27. The van der Waals surface area contributed by atoms with Crippen LogP contribution in [0.5, 0.6) is 11.5 Å². The SMILES string of the molecule is CN/C(N)=C/C=C(\N)CCCCc1nnc(NC(=O)Cc2ccccn2)s1.O=CCc1cc(OC(F)(F)F)ccc1O. The van der Waals surface area contributed by atoms with E-state index in [-0.39, 0.29) is 30.1 Å². The molecule has 0 unspecified atom stereocenters. The molecule has 1 amide bonds. The molecule has 2 aromatic heterocycles. The maximum Gasteiger partial charge on any atom is 0.573 e. The van der Waals surface area contributed by atoms with Crippen molar-refractivity contribution >= 4 is 28.7 Å². The van der Waals surface area contributed by atoms with Crippen molar-refractivity contribution in [2.75, 3.05) is 12.4 Å². The van der Waals surface area contributed by atoms with E-state index >= 15 is 0 Å². The van der Waals surface area contributed by atoms with Gasteiger partial charge in [0.15, 0.2) is 0 Å². The van der Waals surface area contributed by atoms with E-state index in [0.29, 0.717) is 17.2 Å². The van der Waals surface area contributed by atoms with Crippen LogP contribution in [0.3, 0.4) is 0 Å². The van der Waals surface area contributed by atoms with Gasteiger partial charge in [-0.25, -0.2) is 0 Å². The molecule has 0 aliphatic heterocycles. The fraction of sp³-hybridized carbons (Fsp3) is 0.296. The van der Waals surface area contributed by atoms with Crippen molar-refractivity contribution in [1.82, 2.24) is 20.5 Å². The van der Waals surface area contributed by atoms with E-state index in [2.05, 4.69) is 30.6 Å². The summed E-state index contributed by atoms with van der Waals surface area (Å²) in [7, 11) is 1.76. The first-order valence-electron chi connectivity index (χ1n) is 12.6. The summed E-state index contributed by atoms with van der Waals surface area (Å²) in [5, 5.41) is 24.3. The van der Waals surface area contributed by atoms with Crippen molar-refractivity contribution in [1.29, 1.82) is 0 Å². The molecule has 0 aliphatic rings. The molecule has 0 spiro atoms. The number of aldehydes is 1. The van der Waals surface area contributed by atoms with Gasteiger partial charge in [0.2, 0.25) is 11.0 Å². The third kappa shape index (κ3) is 13.6. The molecule has 0 bridgehead atoms. The van der Waals surface area contributed by atoms with Crippen LogP contribution in [0.25, 0.3) is 0 Å². The molecule has 3 rings (SSSR count). The number of unbranched alkanes of at least 4 members (excludes halogenated alkanes) is 1. The molecule has 0 atom stereocenters. The first-order chi connectivity index (χ1) is 20.0. The average Bonchev–Trinajstić information content (AvgIpc) is 3.38. The van der Waals surface area contributed by atoms with E-state index in [4.69, 9.17) is 16.6 Å². The van der Waals surface area contributed by atoms with Gasteiger partial charge in [-0.2, -0.15) is 0 Å². The summed E-state index contributed by atoms with van der Waals surface area (Å²) in [5.74, 6) is -0.276. The molecule has 3 aromatic rings. The number of hydrogen-bond donors (Lipinski definition) is 5. The number of anilines is 1. The maximum absolute atomic E-state index is 12.0. The highest BCUT2D eigenvalue weighted by Gasteiger charge is 2.31. The lowest BCUT2D eigenvalue weighted by Crippen LogP contribution is -2.17. The first-order valence-corrected chi connectivity index (χ1v) is 13.4. The third-order valence-electron chi connectivity index (χ3n) is 5.24. The minimum Gasteiger partial charge on any atom is -0.508 e. The zero-order chi connectivity index (χ0) is 31.0. The Hall–Kier alpha value is -4.66. The van der Waals surface area contributed by atoms with Crippen LogP contribution >= 0.6 is 11.3 Å². The van der Waals surface area contributed by atoms with Crippen LogP contribution in [-0.4, -0.2) is 45.9 Å². The first kappa shape index (κ1) is 33.5. The van der Waals surface area contributed by atoms with Crippen LogP contribution in [0.2, 0.25) is 0 Å². The number of pyridine rings is 1. The number of carbonyl (C=O) groups excluding carboxylic acids is 2. The Bertz CT molecular complexity index is 1350. The predicted molar refractivity (Wildman–Crippen MR) is 152 cm³/mol. The van der Waals surface area contributed by atoms with Gasteiger partial charge in [-0.3, -0.25) is 9.78 Å². The lowest BCUT2D eigenvalue weighted by atomic mass is 10.1. The fourth-order valence-electron chi connectivity index (χ4n) is 3.22. The Kier molecular flexibility index (Phi) is 13.8. The zero-order valence-electron chi connectivity index (χ0n) is 22.7. The Morgan fingerprint density at radius 1 is 1.14 bits per heavy atom. The normalized spacial score (nSPS) is 11.7. The standard InChI is InChI=1S/C18H25N7OS.C9H7F3O3/c1-21-15(20)10-9-13(19)6-2-3-8-17-24-25-18(27-17)23-16(26)12-14-7-4-5-11-22-14;10-9(11,12)15-7-1-2-8(14)6(5-7)3-4-13/h4-5,7,9-11,21H,2-3,6,8,12,19-20H2,1H3,(H,23,25,26);1-2,4-5,14H,3H2/b13-9-,15-10+;. The molecule has 226 valence electrons. The van der Waals surface area contributed by atoms with Crippen molar-refractivity contribution in [2.45, 2.75) is 44.9 Å². The molecule has 1 aromatic carbocycles. The summed E-state index contributed by atoms with van der Waals surface area (Å²) in [6.07, 6.45) is 4.45. The number of carbonyl (C=O) groups is 2. The Labute approximate surface area is 244 Å². The van der Waals surface area contributed by atoms with Gasteiger partial charge in [0.05, 0.1) is 12.2 Å². The van der Waals surface area contributed by atoms with Crippen LogP contribution in [0, 0.1) is 0 Å². The number of aryl methyl sites for hydroxylation is 1. The van der Waals surface area contributed by atoms with Gasteiger partial charge in [0, 0.05) is 43.0 Å². The van der Waals surface area contributed by atoms with Crippen LogP contribution in [-0.2, 0) is 28.9 Å². The number of benzene rings is 1. The number of phenolic OH excluding ortho intramolecular Hbond substituents is 1. The summed E-state index contributed by atoms with van der Waals surface area (Å²) in [6.45, 7) is 0. The van der Waals surface area contributed by atoms with Crippen molar-refractivity contribution in [3.63, 3.8) is 0 Å². The molecular weight excluding hydrogens is 575 g/mol. The second kappa shape index (κ2) is 17.2. The van der Waals surface area contributed by atoms with Gasteiger partial charge in [-0.1, -0.05) is 17.4 Å². The number of nitrogens with two attached hydrogens (primary N) is 2. The summed E-state index contributed by atoms with van der Waals surface area (Å²) in [5.41, 5.74) is 13.2. The van der Waals surface area contributed by atoms with E-state index < -0.39 is 12.1 Å². The van der Waals surface area contributed by atoms with Crippen molar-refractivity contribution in [3.05, 3.63) is 82.5 Å². The number of phenols is 1. The van der Waals surface area contributed by atoms with E-state index in [1.807, 2.05) is 24.3 Å². The van der Waals surface area contributed by atoms with Crippen molar-refractivity contribution in [3.8, 4) is 11.5 Å². The minimum absolute atomic E-state index is 0.0896. The molecule has 2 heterocycles. The molecule has 15 heteroatoms. The second-order valence-corrected chi connectivity index (χ2v) is 9.64. The topological polar surface area (TPSA) is 178 Å². The van der Waals surface area contributed by atoms with Crippen LogP contribution < -0.4 is 26.8 Å². The number of nitrogens with one attached hydrogen (secondary N) is 2. The van der Waals surface area contributed by atoms with Gasteiger partial charge in [0.1, 0.15) is 22.8 Å². The number of ether oxygens (including phenoxy) is 1. The Morgan fingerprint density at radius 3 is 2.60 bits per heavy atom. The van der Waals surface area contributed by atoms with E-state index in [1.54, 1.807) is 19.3 Å². The van der Waals surface area contributed by atoms with Crippen molar-refractivity contribution < 1.29 is 32.6 Å². The van der Waals surface area contributed by atoms with Gasteiger partial charge in [-0.15, -0.1) is 23.4 Å². The van der Waals surface area contributed by atoms with Crippen LogP contribution in [0.15, 0.2) is 66.3 Å². The number of amides is 1. The number of allylic oxidation sites excluding steroid dienone is 3.